The first-order chi connectivity index (χ1) is 15.8. The fourth-order valence-corrected chi connectivity index (χ4v) is 4.54. The fraction of sp³-hybridized carbons (Fsp3) is 0.565. The van der Waals surface area contributed by atoms with Gasteiger partial charge in [-0.15, -0.1) is 0 Å². The van der Waals surface area contributed by atoms with Crippen molar-refractivity contribution in [2.24, 2.45) is 5.92 Å². The highest BCUT2D eigenvalue weighted by atomic mass is 19.4. The summed E-state index contributed by atoms with van der Waals surface area (Å²) < 4.78 is 39.1. The van der Waals surface area contributed by atoms with Crippen molar-refractivity contribution in [3.8, 4) is 0 Å². The Bertz CT molecular complexity index is 1100. The van der Waals surface area contributed by atoms with Crippen molar-refractivity contribution < 1.29 is 23.1 Å². The molecule has 11 heteroatoms. The first kappa shape index (κ1) is 24.2. The second-order valence-electron chi connectivity index (χ2n) is 9.70. The number of rotatable bonds is 4. The Balaban J connectivity index is 1.35. The molecule has 4 rings (SSSR count). The quantitative estimate of drug-likeness (QED) is 0.699. The zero-order chi connectivity index (χ0) is 24.8. The smallest absolute Gasteiger partial charge is 0.386 e. The van der Waals surface area contributed by atoms with E-state index < -0.39 is 22.9 Å². The van der Waals surface area contributed by atoms with E-state index in [1.54, 1.807) is 26.2 Å². The molecule has 1 amide bonds. The van der Waals surface area contributed by atoms with Crippen molar-refractivity contribution in [3.05, 3.63) is 51.7 Å². The molecular weight excluding hydrogens is 451 g/mol. The molecule has 2 aromatic rings. The van der Waals surface area contributed by atoms with Gasteiger partial charge in [0.2, 0.25) is 11.9 Å². The number of nitrogens with zero attached hydrogens (tertiary/aromatic N) is 4. The maximum Gasteiger partial charge on any atom is 0.421 e. The van der Waals surface area contributed by atoms with Gasteiger partial charge >= 0.3 is 6.18 Å². The van der Waals surface area contributed by atoms with E-state index in [2.05, 4.69) is 15.0 Å². The van der Waals surface area contributed by atoms with Crippen LogP contribution < -0.4 is 10.5 Å². The van der Waals surface area contributed by atoms with Crippen LogP contribution in [0.1, 0.15) is 56.2 Å². The lowest BCUT2D eigenvalue weighted by Crippen LogP contribution is -2.56. The molecule has 1 saturated carbocycles. The summed E-state index contributed by atoms with van der Waals surface area (Å²) in [5, 5.41) is 10.1. The standard InChI is InChI=1S/C23H28F3N5O3/c1-13-12-30(21-28-10-17(11-29-21)22(2,3)34)4-5-31(13)20(33)15-6-14(7-15)16-8-18(23(24,25)26)19(32)27-9-16/h8-11,13-15,34H,4-7,12H2,1-3H3,(H,27,32)/t13-,14?,15?/m1/s1. The maximum atomic E-state index is 13.1. The lowest BCUT2D eigenvalue weighted by atomic mass is 9.71. The van der Waals surface area contributed by atoms with Gasteiger partial charge in [-0.2, -0.15) is 13.2 Å². The van der Waals surface area contributed by atoms with Crippen LogP contribution in [0.25, 0.3) is 0 Å². The molecule has 34 heavy (non-hydrogen) atoms. The molecule has 2 fully saturated rings. The number of aliphatic hydroxyl groups is 1. The fourth-order valence-electron chi connectivity index (χ4n) is 4.54. The Morgan fingerprint density at radius 3 is 2.38 bits per heavy atom. The minimum atomic E-state index is -4.71. The summed E-state index contributed by atoms with van der Waals surface area (Å²) in [4.78, 5) is 39.2. The summed E-state index contributed by atoms with van der Waals surface area (Å²) in [5.41, 5.74) is -2.38. The highest BCUT2D eigenvalue weighted by Gasteiger charge is 2.41. The van der Waals surface area contributed by atoms with Crippen molar-refractivity contribution in [3.63, 3.8) is 0 Å². The molecular formula is C23H28F3N5O3. The number of H-pyrrole nitrogens is 1. The number of hydrogen-bond acceptors (Lipinski definition) is 6. The Hall–Kier alpha value is -2.95. The molecule has 0 unspecified atom stereocenters. The number of anilines is 1. The molecule has 2 aromatic heterocycles. The zero-order valence-corrected chi connectivity index (χ0v) is 19.3. The van der Waals surface area contributed by atoms with Crippen LogP contribution in [0.2, 0.25) is 0 Å². The topological polar surface area (TPSA) is 102 Å². The van der Waals surface area contributed by atoms with E-state index in [0.29, 0.717) is 49.6 Å². The number of hydrogen-bond donors (Lipinski definition) is 2. The number of carbonyl (C=O) groups excluding carboxylic acids is 1. The predicted octanol–water partition coefficient (Wildman–Crippen LogP) is 2.64. The summed E-state index contributed by atoms with van der Waals surface area (Å²) >= 11 is 0. The van der Waals surface area contributed by atoms with Crippen LogP contribution in [-0.4, -0.2) is 56.5 Å². The van der Waals surface area contributed by atoms with Crippen molar-refractivity contribution >= 4 is 11.9 Å². The van der Waals surface area contributed by atoms with E-state index in [-0.39, 0.29) is 23.8 Å². The second-order valence-corrected chi connectivity index (χ2v) is 9.70. The molecule has 1 aliphatic heterocycles. The minimum absolute atomic E-state index is 0.00201. The molecule has 8 nitrogen and oxygen atoms in total. The third-order valence-corrected chi connectivity index (χ3v) is 6.73. The number of alkyl halides is 3. The van der Waals surface area contributed by atoms with Gasteiger partial charge in [-0.1, -0.05) is 0 Å². The Morgan fingerprint density at radius 1 is 1.18 bits per heavy atom. The molecule has 2 aliphatic rings. The lowest BCUT2D eigenvalue weighted by molar-refractivity contribution is -0.142. The number of nitrogens with one attached hydrogen (secondary N) is 1. The molecule has 0 aromatic carbocycles. The predicted molar refractivity (Wildman–Crippen MR) is 118 cm³/mol. The summed E-state index contributed by atoms with van der Waals surface area (Å²) in [5.74, 6) is 0.102. The molecule has 0 spiro atoms. The molecule has 0 bridgehead atoms. The van der Waals surface area contributed by atoms with Gasteiger partial charge in [0.05, 0.1) is 5.60 Å². The molecule has 1 atom stereocenters. The first-order valence-electron chi connectivity index (χ1n) is 11.2. The van der Waals surface area contributed by atoms with E-state index >= 15 is 0 Å². The van der Waals surface area contributed by atoms with Crippen LogP contribution in [0.3, 0.4) is 0 Å². The highest BCUT2D eigenvalue weighted by Crippen LogP contribution is 2.43. The molecule has 3 heterocycles. The minimum Gasteiger partial charge on any atom is -0.386 e. The molecule has 1 saturated heterocycles. The average Bonchev–Trinajstić information content (AvgIpc) is 2.72. The maximum absolute atomic E-state index is 13.1. The third kappa shape index (κ3) is 4.79. The first-order valence-corrected chi connectivity index (χ1v) is 11.2. The van der Waals surface area contributed by atoms with Crippen LogP contribution in [0.4, 0.5) is 19.1 Å². The number of aromatic amines is 1. The summed E-state index contributed by atoms with van der Waals surface area (Å²) in [6, 6.07) is 0.817. The van der Waals surface area contributed by atoms with Crippen LogP contribution in [-0.2, 0) is 16.6 Å². The van der Waals surface area contributed by atoms with E-state index in [1.807, 2.05) is 16.7 Å². The van der Waals surface area contributed by atoms with Crippen molar-refractivity contribution in [2.75, 3.05) is 24.5 Å². The zero-order valence-electron chi connectivity index (χ0n) is 19.3. The van der Waals surface area contributed by atoms with Gasteiger partial charge < -0.3 is 19.9 Å². The molecule has 184 valence electrons. The van der Waals surface area contributed by atoms with Gasteiger partial charge in [0.1, 0.15) is 5.56 Å². The van der Waals surface area contributed by atoms with E-state index in [1.165, 1.54) is 6.20 Å². The van der Waals surface area contributed by atoms with E-state index in [4.69, 9.17) is 0 Å². The van der Waals surface area contributed by atoms with Crippen LogP contribution in [0.5, 0.6) is 0 Å². The van der Waals surface area contributed by atoms with Gasteiger partial charge in [-0.25, -0.2) is 9.97 Å². The SMILES string of the molecule is C[C@@H]1CN(c2ncc(C(C)(C)O)cn2)CCN1C(=O)C1CC(c2c[nH]c(=O)c(C(F)(F)F)c2)C1. The van der Waals surface area contributed by atoms with Crippen LogP contribution in [0.15, 0.2) is 29.5 Å². The van der Waals surface area contributed by atoms with Gasteiger partial charge in [0, 0.05) is 55.7 Å². The number of amides is 1. The second kappa shape index (κ2) is 8.68. The van der Waals surface area contributed by atoms with Crippen LogP contribution in [0, 0.1) is 5.92 Å². The Labute approximate surface area is 194 Å². The van der Waals surface area contributed by atoms with E-state index in [9.17, 15) is 27.9 Å². The summed E-state index contributed by atoms with van der Waals surface area (Å²) in [6.45, 7) is 6.88. The van der Waals surface area contributed by atoms with E-state index in [0.717, 1.165) is 6.07 Å². The number of carbonyl (C=O) groups is 1. The third-order valence-electron chi connectivity index (χ3n) is 6.73. The lowest BCUT2D eigenvalue weighted by Gasteiger charge is -2.44. The van der Waals surface area contributed by atoms with Gasteiger partial charge in [0.15, 0.2) is 0 Å². The van der Waals surface area contributed by atoms with Gasteiger partial charge in [-0.05, 0) is 51.2 Å². The van der Waals surface area contributed by atoms with Crippen molar-refractivity contribution in [1.82, 2.24) is 19.9 Å². The number of aromatic nitrogens is 3. The van der Waals surface area contributed by atoms with Crippen LogP contribution >= 0.6 is 0 Å². The largest absolute Gasteiger partial charge is 0.421 e. The summed E-state index contributed by atoms with van der Waals surface area (Å²) in [6.07, 6.45) is 0.705. The number of piperazine rings is 1. The Morgan fingerprint density at radius 2 is 1.82 bits per heavy atom. The number of pyridine rings is 1. The average molecular weight is 480 g/mol. The Kier molecular flexibility index (Phi) is 6.17. The number of halogens is 3. The molecule has 1 aliphatic carbocycles. The molecule has 2 N–H and O–H groups in total. The van der Waals surface area contributed by atoms with Crippen molar-refractivity contribution in [1.29, 1.82) is 0 Å². The molecule has 0 radical (unpaired) electrons. The normalized spacial score (nSPS) is 23.6. The highest BCUT2D eigenvalue weighted by molar-refractivity contribution is 5.80. The van der Waals surface area contributed by atoms with Gasteiger partial charge in [0.25, 0.3) is 5.56 Å². The summed E-state index contributed by atoms with van der Waals surface area (Å²) in [7, 11) is 0. The van der Waals surface area contributed by atoms with Crippen molar-refractivity contribution in [2.45, 2.75) is 57.3 Å². The monoisotopic (exact) mass is 479 g/mol. The van der Waals surface area contributed by atoms with Gasteiger partial charge in [-0.3, -0.25) is 9.59 Å².